The summed E-state index contributed by atoms with van der Waals surface area (Å²) in [6.45, 7) is 8.24. The number of ether oxygens (including phenoxy) is 1. The molecule has 0 aromatic heterocycles. The first-order valence-corrected chi connectivity index (χ1v) is 7.09. The number of hydrogen-bond donors (Lipinski definition) is 2. The molecule has 5 nitrogen and oxygen atoms in total. The van der Waals surface area contributed by atoms with E-state index in [9.17, 15) is 8.42 Å². The minimum absolute atomic E-state index is 0.111. The topological polar surface area (TPSA) is 67.4 Å². The molecule has 2 atom stereocenters. The standard InChI is InChI=1S/C10H24N2O3S/c1-8(2)11-7-10(4)16(13,14)12-6-9(3)15-5/h8-12H,6-7H2,1-5H3. The van der Waals surface area contributed by atoms with Gasteiger partial charge in [0, 0.05) is 26.2 Å². The lowest BCUT2D eigenvalue weighted by molar-refractivity contribution is 0.122. The highest BCUT2D eigenvalue weighted by Crippen LogP contribution is 1.98. The number of methoxy groups -OCH3 is 1. The first-order valence-electron chi connectivity index (χ1n) is 5.54. The summed E-state index contributed by atoms with van der Waals surface area (Å²) in [5, 5.41) is 2.66. The maximum absolute atomic E-state index is 11.8. The molecular formula is C10H24N2O3S. The van der Waals surface area contributed by atoms with Gasteiger partial charge in [0.2, 0.25) is 10.0 Å². The van der Waals surface area contributed by atoms with Gasteiger partial charge in [0.1, 0.15) is 0 Å². The molecule has 0 heterocycles. The lowest BCUT2D eigenvalue weighted by atomic mass is 10.3. The fourth-order valence-corrected chi connectivity index (χ4v) is 2.04. The first-order chi connectivity index (χ1) is 7.29. The van der Waals surface area contributed by atoms with Gasteiger partial charge < -0.3 is 10.1 Å². The van der Waals surface area contributed by atoms with E-state index in [-0.39, 0.29) is 12.1 Å². The minimum Gasteiger partial charge on any atom is -0.380 e. The Kier molecular flexibility index (Phi) is 7.14. The van der Waals surface area contributed by atoms with Crippen LogP contribution in [0.1, 0.15) is 27.7 Å². The van der Waals surface area contributed by atoms with Gasteiger partial charge in [0.15, 0.2) is 0 Å². The van der Waals surface area contributed by atoms with Gasteiger partial charge in [-0.25, -0.2) is 13.1 Å². The molecule has 0 fully saturated rings. The van der Waals surface area contributed by atoms with Crippen LogP contribution < -0.4 is 10.0 Å². The quantitative estimate of drug-likeness (QED) is 0.653. The normalized spacial score (nSPS) is 16.4. The molecule has 98 valence electrons. The summed E-state index contributed by atoms with van der Waals surface area (Å²) < 4.78 is 31.0. The van der Waals surface area contributed by atoms with Crippen LogP contribution in [-0.4, -0.2) is 46.0 Å². The summed E-state index contributed by atoms with van der Waals surface area (Å²) in [4.78, 5) is 0. The van der Waals surface area contributed by atoms with Crippen molar-refractivity contribution in [1.82, 2.24) is 10.0 Å². The van der Waals surface area contributed by atoms with Gasteiger partial charge >= 0.3 is 0 Å². The van der Waals surface area contributed by atoms with Crippen LogP contribution in [0, 0.1) is 0 Å². The molecule has 2 unspecified atom stereocenters. The average molecular weight is 252 g/mol. The Morgan fingerprint density at radius 3 is 2.12 bits per heavy atom. The fourth-order valence-electron chi connectivity index (χ4n) is 0.970. The van der Waals surface area contributed by atoms with Crippen LogP contribution in [0.2, 0.25) is 0 Å². The molecule has 0 amide bonds. The third-order valence-corrected chi connectivity index (χ3v) is 4.11. The van der Waals surface area contributed by atoms with E-state index < -0.39 is 15.3 Å². The Morgan fingerprint density at radius 2 is 1.69 bits per heavy atom. The summed E-state index contributed by atoms with van der Waals surface area (Å²) in [6.07, 6.45) is -0.111. The molecule has 0 radical (unpaired) electrons. The number of sulfonamides is 1. The van der Waals surface area contributed by atoms with E-state index >= 15 is 0 Å². The molecule has 0 spiro atoms. The van der Waals surface area contributed by atoms with Gasteiger partial charge in [-0.2, -0.15) is 0 Å². The lowest BCUT2D eigenvalue weighted by Gasteiger charge is -2.17. The highest BCUT2D eigenvalue weighted by molar-refractivity contribution is 7.90. The summed E-state index contributed by atoms with van der Waals surface area (Å²) in [7, 11) is -1.70. The van der Waals surface area contributed by atoms with Crippen LogP contribution >= 0.6 is 0 Å². The van der Waals surface area contributed by atoms with Crippen molar-refractivity contribution >= 4 is 10.0 Å². The number of rotatable bonds is 8. The van der Waals surface area contributed by atoms with E-state index in [2.05, 4.69) is 10.0 Å². The van der Waals surface area contributed by atoms with Crippen LogP contribution in [0.4, 0.5) is 0 Å². The Balaban J connectivity index is 4.11. The zero-order valence-corrected chi connectivity index (χ0v) is 11.6. The SMILES string of the molecule is COC(C)CNS(=O)(=O)C(C)CNC(C)C. The smallest absolute Gasteiger partial charge is 0.215 e. The lowest BCUT2D eigenvalue weighted by Crippen LogP contribution is -2.42. The van der Waals surface area contributed by atoms with Crippen molar-refractivity contribution in [3.63, 3.8) is 0 Å². The summed E-state index contributed by atoms with van der Waals surface area (Å²) in [5.41, 5.74) is 0. The third kappa shape index (κ3) is 6.42. The molecule has 0 bridgehead atoms. The first kappa shape index (κ1) is 15.8. The maximum Gasteiger partial charge on any atom is 0.215 e. The van der Waals surface area contributed by atoms with Crippen molar-refractivity contribution in [2.45, 2.75) is 45.1 Å². The van der Waals surface area contributed by atoms with Crippen LogP contribution in [0.5, 0.6) is 0 Å². The van der Waals surface area contributed by atoms with Crippen LogP contribution in [-0.2, 0) is 14.8 Å². The van der Waals surface area contributed by atoms with Crippen molar-refractivity contribution in [3.05, 3.63) is 0 Å². The molecule has 0 saturated heterocycles. The van der Waals surface area contributed by atoms with E-state index in [0.717, 1.165) is 0 Å². The molecule has 16 heavy (non-hydrogen) atoms. The molecule has 6 heteroatoms. The highest BCUT2D eigenvalue weighted by Gasteiger charge is 2.20. The molecule has 0 aromatic carbocycles. The fraction of sp³-hybridized carbons (Fsp3) is 1.00. The molecule has 2 N–H and O–H groups in total. The zero-order chi connectivity index (χ0) is 12.8. The second kappa shape index (κ2) is 7.21. The number of hydrogen-bond acceptors (Lipinski definition) is 4. The summed E-state index contributed by atoms with van der Waals surface area (Å²) in [5.74, 6) is 0. The van der Waals surface area contributed by atoms with Gasteiger partial charge in [0.05, 0.1) is 11.4 Å². The van der Waals surface area contributed by atoms with Crippen molar-refractivity contribution < 1.29 is 13.2 Å². The predicted octanol–water partition coefficient (Wildman–Crippen LogP) is 0.327. The molecule has 0 aromatic rings. The second-order valence-corrected chi connectivity index (χ2v) is 6.50. The van der Waals surface area contributed by atoms with Crippen LogP contribution in [0.25, 0.3) is 0 Å². The van der Waals surface area contributed by atoms with Crippen molar-refractivity contribution in [2.24, 2.45) is 0 Å². The van der Waals surface area contributed by atoms with E-state index in [4.69, 9.17) is 4.74 Å². The average Bonchev–Trinajstić information content (AvgIpc) is 2.22. The Hall–Kier alpha value is -0.170. The van der Waals surface area contributed by atoms with Gasteiger partial charge in [0.25, 0.3) is 0 Å². The Bertz CT molecular complexity index is 278. The van der Waals surface area contributed by atoms with Crippen LogP contribution in [0.15, 0.2) is 0 Å². The predicted molar refractivity (Wildman–Crippen MR) is 66.0 cm³/mol. The minimum atomic E-state index is -3.25. The monoisotopic (exact) mass is 252 g/mol. The Morgan fingerprint density at radius 1 is 1.12 bits per heavy atom. The Labute approximate surface area is 99.0 Å². The van der Waals surface area contributed by atoms with Gasteiger partial charge in [-0.15, -0.1) is 0 Å². The van der Waals surface area contributed by atoms with E-state index in [1.165, 1.54) is 0 Å². The summed E-state index contributed by atoms with van der Waals surface area (Å²) in [6, 6.07) is 0.288. The maximum atomic E-state index is 11.8. The van der Waals surface area contributed by atoms with Crippen LogP contribution in [0.3, 0.4) is 0 Å². The number of nitrogens with one attached hydrogen (secondary N) is 2. The molecule has 0 aliphatic heterocycles. The highest BCUT2D eigenvalue weighted by atomic mass is 32.2. The van der Waals surface area contributed by atoms with E-state index in [0.29, 0.717) is 13.1 Å². The second-order valence-electron chi connectivity index (χ2n) is 4.31. The van der Waals surface area contributed by atoms with Crippen molar-refractivity contribution in [3.8, 4) is 0 Å². The van der Waals surface area contributed by atoms with Gasteiger partial charge in [-0.1, -0.05) is 13.8 Å². The van der Waals surface area contributed by atoms with Gasteiger partial charge in [-0.05, 0) is 13.8 Å². The van der Waals surface area contributed by atoms with Crippen molar-refractivity contribution in [2.75, 3.05) is 20.2 Å². The molecule has 0 saturated carbocycles. The molecule has 0 rings (SSSR count). The van der Waals surface area contributed by atoms with E-state index in [1.54, 1.807) is 14.0 Å². The molecular weight excluding hydrogens is 228 g/mol. The molecule has 0 aliphatic carbocycles. The van der Waals surface area contributed by atoms with E-state index in [1.807, 2.05) is 20.8 Å². The largest absolute Gasteiger partial charge is 0.380 e. The van der Waals surface area contributed by atoms with Gasteiger partial charge in [-0.3, -0.25) is 0 Å². The molecule has 0 aliphatic rings. The third-order valence-electron chi connectivity index (χ3n) is 2.32. The van der Waals surface area contributed by atoms with Crippen molar-refractivity contribution in [1.29, 1.82) is 0 Å². The summed E-state index contributed by atoms with van der Waals surface area (Å²) >= 11 is 0. The zero-order valence-electron chi connectivity index (χ0n) is 10.8.